The number of para-hydroxylation sites is 1. The summed E-state index contributed by atoms with van der Waals surface area (Å²) in [6.45, 7) is 1.70. The summed E-state index contributed by atoms with van der Waals surface area (Å²) >= 11 is 1.41. The van der Waals surface area contributed by atoms with Gasteiger partial charge in [-0.25, -0.2) is 4.98 Å². The van der Waals surface area contributed by atoms with Crippen LogP contribution in [0.3, 0.4) is 0 Å². The normalized spacial score (nSPS) is 10.2. The standard InChI is InChI=1S/C13H12N2O3S/c1-9-7-13(14-8-10(9)15(16)17)19-12-6-4-3-5-11(12)18-2/h3-8H,1-2H3. The molecule has 0 atom stereocenters. The van der Waals surface area contributed by atoms with Gasteiger partial charge in [-0.2, -0.15) is 0 Å². The smallest absolute Gasteiger partial charge is 0.290 e. The van der Waals surface area contributed by atoms with E-state index in [-0.39, 0.29) is 5.69 Å². The molecule has 6 heteroatoms. The molecule has 0 aliphatic rings. The molecule has 0 aliphatic carbocycles. The molecule has 0 unspecified atom stereocenters. The predicted molar refractivity (Wildman–Crippen MR) is 72.7 cm³/mol. The van der Waals surface area contributed by atoms with Crippen molar-refractivity contribution < 1.29 is 9.66 Å². The maximum atomic E-state index is 10.7. The number of ether oxygens (including phenoxy) is 1. The van der Waals surface area contributed by atoms with E-state index in [2.05, 4.69) is 4.98 Å². The minimum atomic E-state index is -0.431. The second-order valence-corrected chi connectivity index (χ2v) is 4.88. The van der Waals surface area contributed by atoms with Crippen molar-refractivity contribution in [1.82, 2.24) is 4.98 Å². The van der Waals surface area contributed by atoms with Gasteiger partial charge >= 0.3 is 0 Å². The van der Waals surface area contributed by atoms with Gasteiger partial charge in [0.05, 0.1) is 16.9 Å². The Bertz CT molecular complexity index is 617. The first kappa shape index (κ1) is 13.4. The van der Waals surface area contributed by atoms with Gasteiger partial charge in [-0.3, -0.25) is 10.1 Å². The maximum absolute atomic E-state index is 10.7. The SMILES string of the molecule is COc1ccccc1Sc1cc(C)c([N+](=O)[O-])cn1. The molecule has 0 saturated carbocycles. The number of aryl methyl sites for hydroxylation is 1. The lowest BCUT2D eigenvalue weighted by molar-refractivity contribution is -0.385. The minimum absolute atomic E-state index is 0.0318. The summed E-state index contributed by atoms with van der Waals surface area (Å²) in [6.07, 6.45) is 1.28. The highest BCUT2D eigenvalue weighted by molar-refractivity contribution is 7.99. The highest BCUT2D eigenvalue weighted by Crippen LogP contribution is 2.34. The van der Waals surface area contributed by atoms with E-state index in [0.717, 1.165) is 10.6 Å². The average molecular weight is 276 g/mol. The first-order valence-corrected chi connectivity index (χ1v) is 6.35. The topological polar surface area (TPSA) is 65.3 Å². The van der Waals surface area contributed by atoms with Gasteiger partial charge in [-0.15, -0.1) is 0 Å². The number of pyridine rings is 1. The number of methoxy groups -OCH3 is 1. The Morgan fingerprint density at radius 2 is 2.11 bits per heavy atom. The largest absolute Gasteiger partial charge is 0.496 e. The Morgan fingerprint density at radius 3 is 2.74 bits per heavy atom. The van der Waals surface area contributed by atoms with Gasteiger partial charge in [0, 0.05) is 5.56 Å². The van der Waals surface area contributed by atoms with E-state index < -0.39 is 4.92 Å². The average Bonchev–Trinajstić information content (AvgIpc) is 2.39. The van der Waals surface area contributed by atoms with Crippen LogP contribution in [-0.2, 0) is 0 Å². The number of aromatic nitrogens is 1. The summed E-state index contributed by atoms with van der Waals surface area (Å²) < 4.78 is 5.25. The zero-order chi connectivity index (χ0) is 13.8. The van der Waals surface area contributed by atoms with Crippen LogP contribution < -0.4 is 4.74 Å². The number of nitro groups is 1. The zero-order valence-electron chi connectivity index (χ0n) is 10.5. The van der Waals surface area contributed by atoms with Crippen molar-refractivity contribution in [3.05, 3.63) is 52.2 Å². The van der Waals surface area contributed by atoms with Crippen molar-refractivity contribution in [3.63, 3.8) is 0 Å². The lowest BCUT2D eigenvalue weighted by Crippen LogP contribution is -1.94. The fourth-order valence-corrected chi connectivity index (χ4v) is 2.55. The molecule has 5 nitrogen and oxygen atoms in total. The summed E-state index contributed by atoms with van der Waals surface area (Å²) in [4.78, 5) is 15.3. The van der Waals surface area contributed by atoms with Crippen LogP contribution in [0.5, 0.6) is 5.75 Å². The van der Waals surface area contributed by atoms with Crippen molar-refractivity contribution in [1.29, 1.82) is 0 Å². The van der Waals surface area contributed by atoms with Crippen LogP contribution in [0.2, 0.25) is 0 Å². The molecule has 0 amide bonds. The van der Waals surface area contributed by atoms with E-state index in [0.29, 0.717) is 10.6 Å². The van der Waals surface area contributed by atoms with Crippen LogP contribution in [0.15, 0.2) is 46.5 Å². The molecule has 1 aromatic carbocycles. The van der Waals surface area contributed by atoms with E-state index >= 15 is 0 Å². The number of rotatable bonds is 4. The fourth-order valence-electron chi connectivity index (χ4n) is 1.59. The molecular formula is C13H12N2O3S. The minimum Gasteiger partial charge on any atom is -0.496 e. The van der Waals surface area contributed by atoms with Gasteiger partial charge in [-0.1, -0.05) is 23.9 Å². The van der Waals surface area contributed by atoms with E-state index in [1.165, 1.54) is 18.0 Å². The molecule has 0 N–H and O–H groups in total. The predicted octanol–water partition coefficient (Wildman–Crippen LogP) is 3.46. The molecule has 0 aliphatic heterocycles. The third-order valence-electron chi connectivity index (χ3n) is 2.54. The van der Waals surface area contributed by atoms with Gasteiger partial charge < -0.3 is 4.74 Å². The third-order valence-corrected chi connectivity index (χ3v) is 3.53. The van der Waals surface area contributed by atoms with Gasteiger partial charge in [0.1, 0.15) is 17.0 Å². The van der Waals surface area contributed by atoms with E-state index in [1.807, 2.05) is 24.3 Å². The lowest BCUT2D eigenvalue weighted by atomic mass is 10.3. The molecule has 0 saturated heterocycles. The summed E-state index contributed by atoms with van der Waals surface area (Å²) in [5.74, 6) is 0.755. The number of hydrogen-bond acceptors (Lipinski definition) is 5. The van der Waals surface area contributed by atoms with Crippen LogP contribution in [0, 0.1) is 17.0 Å². The number of nitrogens with zero attached hydrogens (tertiary/aromatic N) is 2. The second-order valence-electron chi connectivity index (χ2n) is 3.82. The molecule has 0 fully saturated rings. The molecular weight excluding hydrogens is 264 g/mol. The van der Waals surface area contributed by atoms with E-state index in [9.17, 15) is 10.1 Å². The Kier molecular flexibility index (Phi) is 4.01. The van der Waals surface area contributed by atoms with Crippen molar-refractivity contribution >= 4 is 17.4 Å². The molecule has 98 valence electrons. The molecule has 2 rings (SSSR count). The zero-order valence-corrected chi connectivity index (χ0v) is 11.3. The Balaban J connectivity index is 2.29. The molecule has 0 radical (unpaired) electrons. The van der Waals surface area contributed by atoms with Gasteiger partial charge in [0.2, 0.25) is 0 Å². The number of benzene rings is 1. The lowest BCUT2D eigenvalue weighted by Gasteiger charge is -2.07. The van der Waals surface area contributed by atoms with Gasteiger partial charge in [0.15, 0.2) is 0 Å². The van der Waals surface area contributed by atoms with Crippen LogP contribution in [0.1, 0.15) is 5.56 Å². The van der Waals surface area contributed by atoms with Crippen molar-refractivity contribution in [2.75, 3.05) is 7.11 Å². The first-order chi connectivity index (χ1) is 9.11. The van der Waals surface area contributed by atoms with E-state index in [4.69, 9.17) is 4.74 Å². The highest BCUT2D eigenvalue weighted by Gasteiger charge is 2.13. The first-order valence-electron chi connectivity index (χ1n) is 5.53. The van der Waals surface area contributed by atoms with Crippen molar-refractivity contribution in [2.45, 2.75) is 16.8 Å². The third kappa shape index (κ3) is 3.03. The van der Waals surface area contributed by atoms with Crippen molar-refractivity contribution in [3.8, 4) is 5.75 Å². The van der Waals surface area contributed by atoms with Gasteiger partial charge in [-0.05, 0) is 25.1 Å². The molecule has 1 aromatic heterocycles. The molecule has 1 heterocycles. The summed E-state index contributed by atoms with van der Waals surface area (Å²) in [5, 5.41) is 11.4. The molecule has 2 aromatic rings. The Labute approximate surface area is 114 Å². The molecule has 0 spiro atoms. The van der Waals surface area contributed by atoms with Crippen LogP contribution in [0.4, 0.5) is 5.69 Å². The van der Waals surface area contributed by atoms with Crippen LogP contribution in [-0.4, -0.2) is 17.0 Å². The maximum Gasteiger partial charge on any atom is 0.290 e. The van der Waals surface area contributed by atoms with Crippen LogP contribution >= 0.6 is 11.8 Å². The highest BCUT2D eigenvalue weighted by atomic mass is 32.2. The summed E-state index contributed by atoms with van der Waals surface area (Å²) in [7, 11) is 1.61. The molecule has 19 heavy (non-hydrogen) atoms. The monoisotopic (exact) mass is 276 g/mol. The number of hydrogen-bond donors (Lipinski definition) is 0. The quantitative estimate of drug-likeness (QED) is 0.632. The van der Waals surface area contributed by atoms with E-state index in [1.54, 1.807) is 20.1 Å². The second kappa shape index (κ2) is 5.71. The fraction of sp³-hybridized carbons (Fsp3) is 0.154. The summed E-state index contributed by atoms with van der Waals surface area (Å²) in [5.41, 5.74) is 0.627. The summed E-state index contributed by atoms with van der Waals surface area (Å²) in [6, 6.07) is 9.28. The van der Waals surface area contributed by atoms with Gasteiger partial charge in [0.25, 0.3) is 5.69 Å². The Morgan fingerprint density at radius 1 is 1.37 bits per heavy atom. The Hall–Kier alpha value is -2.08. The van der Waals surface area contributed by atoms with Crippen LogP contribution in [0.25, 0.3) is 0 Å². The van der Waals surface area contributed by atoms with Crippen molar-refractivity contribution in [2.24, 2.45) is 0 Å². The molecule has 0 bridgehead atoms.